The van der Waals surface area contributed by atoms with Crippen LogP contribution < -0.4 is 15.1 Å². The minimum Gasteiger partial charge on any atom is -0.460 e. The topological polar surface area (TPSA) is 364 Å². The lowest BCUT2D eigenvalue weighted by Gasteiger charge is -2.26. The van der Waals surface area contributed by atoms with Gasteiger partial charge in [0, 0.05) is 58.7 Å². The van der Waals surface area contributed by atoms with Crippen LogP contribution >= 0.6 is 15.9 Å². The first-order valence-electron chi connectivity index (χ1n) is 30.8. The summed E-state index contributed by atoms with van der Waals surface area (Å²) in [7, 11) is 0. The van der Waals surface area contributed by atoms with Gasteiger partial charge in [-0.1, -0.05) is 72.1 Å². The van der Waals surface area contributed by atoms with Crippen LogP contribution in [0.15, 0.2) is 237 Å². The number of para-hydroxylation sites is 2. The van der Waals surface area contributed by atoms with Crippen molar-refractivity contribution in [3.8, 4) is 18.2 Å². The number of alkyl halides is 1. The molecule has 0 aromatic heterocycles. The van der Waals surface area contributed by atoms with Crippen LogP contribution in [0.1, 0.15) is 48.6 Å². The third-order valence-corrected chi connectivity index (χ3v) is 13.8. The fourth-order valence-corrected chi connectivity index (χ4v) is 7.86. The van der Waals surface area contributed by atoms with E-state index in [1.54, 1.807) is 99.6 Å². The fourth-order valence-electron chi connectivity index (χ4n) is 7.65. The molecule has 0 spiro atoms. The number of hydrogen-bond donors (Lipinski definition) is 7. The smallest absolute Gasteiger partial charge is 0.333 e. The summed E-state index contributed by atoms with van der Waals surface area (Å²) in [6, 6.07) is 57.1. The lowest BCUT2D eigenvalue weighted by atomic mass is 10.1. The average molecular weight is 1410 g/mol. The zero-order valence-corrected chi connectivity index (χ0v) is 57.5. The summed E-state index contributed by atoms with van der Waals surface area (Å²) in [4.78, 5) is 37.6. The number of rotatable bonds is 29. The van der Waals surface area contributed by atoms with E-state index in [2.05, 4.69) is 83.8 Å². The molecule has 0 aliphatic carbocycles. The predicted octanol–water partition coefficient (Wildman–Crippen LogP) is 13.0. The van der Waals surface area contributed by atoms with E-state index in [0.717, 1.165) is 28.2 Å². The highest BCUT2D eigenvalue weighted by Crippen LogP contribution is 2.29. The Hall–Kier alpha value is -10.9. The molecule has 3 unspecified atom stereocenters. The summed E-state index contributed by atoms with van der Waals surface area (Å²) in [6.07, 6.45) is -2.38. The number of carbonyl (C=O) groups is 3. The molecule has 0 aliphatic heterocycles. The Labute approximate surface area is 585 Å². The van der Waals surface area contributed by atoms with Gasteiger partial charge in [-0.25, -0.2) is 14.4 Å². The van der Waals surface area contributed by atoms with E-state index in [0.29, 0.717) is 99.1 Å². The quantitative estimate of drug-likeness (QED) is 0.00572. The van der Waals surface area contributed by atoms with Crippen molar-refractivity contribution in [2.45, 2.75) is 52.9 Å². The number of aliphatic hydroxyl groups excluding tert-OH is 6. The summed E-state index contributed by atoms with van der Waals surface area (Å²) in [5, 5.41) is 109. The first-order chi connectivity index (χ1) is 47.6. The van der Waals surface area contributed by atoms with Crippen LogP contribution in [0.5, 0.6) is 0 Å². The van der Waals surface area contributed by atoms with Crippen LogP contribution in [0.3, 0.4) is 0 Å². The molecule has 7 N–H and O–H groups in total. The summed E-state index contributed by atoms with van der Waals surface area (Å²) in [5.41, 5.74) is 11.3. The van der Waals surface area contributed by atoms with E-state index in [1.807, 2.05) is 121 Å². The molecule has 0 radical (unpaired) electrons. The maximum absolute atomic E-state index is 11.7. The molecule has 7 rings (SSSR count). The normalized spacial score (nSPS) is 11.3. The Morgan fingerprint density at radius 3 is 1.24 bits per heavy atom. The largest absolute Gasteiger partial charge is 0.460 e. The van der Waals surface area contributed by atoms with E-state index in [1.165, 1.54) is 0 Å². The van der Waals surface area contributed by atoms with Gasteiger partial charge < -0.3 is 60.0 Å². The molecular formula is C74H83BrN12O12. The third-order valence-electron chi connectivity index (χ3n) is 13.0. The Kier molecular flexibility index (Phi) is 39.1. The van der Waals surface area contributed by atoms with Gasteiger partial charge in [-0.15, -0.1) is 0 Å². The molecule has 0 saturated carbocycles. The summed E-state index contributed by atoms with van der Waals surface area (Å²) in [6.45, 7) is 20.7. The molecular weight excluding hydrogens is 1330 g/mol. The Balaban J connectivity index is 0.000000358. The molecule has 0 saturated heterocycles. The van der Waals surface area contributed by atoms with Gasteiger partial charge in [-0.2, -0.15) is 46.5 Å². The highest BCUT2D eigenvalue weighted by atomic mass is 79.9. The van der Waals surface area contributed by atoms with Crippen LogP contribution in [0.4, 0.5) is 51.2 Å². The second-order valence-electron chi connectivity index (χ2n) is 21.4. The molecule has 7 aromatic rings. The van der Waals surface area contributed by atoms with Crippen molar-refractivity contribution in [2.75, 3.05) is 92.8 Å². The van der Waals surface area contributed by atoms with Gasteiger partial charge in [0.25, 0.3) is 0 Å². The number of halogens is 1. The third kappa shape index (κ3) is 33.5. The first-order valence-corrected chi connectivity index (χ1v) is 31.9. The highest BCUT2D eigenvalue weighted by Gasteiger charge is 2.16. The van der Waals surface area contributed by atoms with E-state index in [-0.39, 0.29) is 52.1 Å². The van der Waals surface area contributed by atoms with Gasteiger partial charge in [0.1, 0.15) is 19.8 Å². The monoisotopic (exact) mass is 1410 g/mol. The minimum absolute atomic E-state index is 0.105. The van der Waals surface area contributed by atoms with Crippen LogP contribution in [-0.4, -0.2) is 145 Å². The van der Waals surface area contributed by atoms with Gasteiger partial charge in [-0.05, 0) is 179 Å². The zero-order valence-electron chi connectivity index (χ0n) is 55.9. The lowest BCUT2D eigenvalue weighted by molar-refractivity contribution is -0.139. The van der Waals surface area contributed by atoms with Crippen LogP contribution in [0.2, 0.25) is 0 Å². The van der Waals surface area contributed by atoms with Crippen molar-refractivity contribution >= 4 is 85.0 Å². The lowest BCUT2D eigenvalue weighted by Crippen LogP contribution is -2.37. The van der Waals surface area contributed by atoms with Gasteiger partial charge in [0.05, 0.1) is 120 Å². The molecule has 0 bridgehead atoms. The average Bonchev–Trinajstić information content (AvgIpc) is 1.14. The Morgan fingerprint density at radius 2 is 0.859 bits per heavy atom. The molecule has 518 valence electrons. The fraction of sp³-hybridized carbons (Fsp3) is 0.270. The zero-order chi connectivity index (χ0) is 72.9. The van der Waals surface area contributed by atoms with Gasteiger partial charge in [0.15, 0.2) is 0 Å². The van der Waals surface area contributed by atoms with E-state index in [9.17, 15) is 29.7 Å². The number of azo groups is 3. The molecule has 3 atom stereocenters. The molecule has 0 heterocycles. The number of anilines is 3. The van der Waals surface area contributed by atoms with Crippen molar-refractivity contribution in [1.82, 2.24) is 0 Å². The number of aryl methyl sites for hydroxylation is 2. The predicted molar refractivity (Wildman–Crippen MR) is 385 cm³/mol. The van der Waals surface area contributed by atoms with Crippen molar-refractivity contribution in [3.05, 3.63) is 234 Å². The van der Waals surface area contributed by atoms with E-state index >= 15 is 0 Å². The second kappa shape index (κ2) is 47.1. The van der Waals surface area contributed by atoms with Gasteiger partial charge in [-0.3, -0.25) is 0 Å². The first kappa shape index (κ1) is 82.3. The Morgan fingerprint density at radius 1 is 0.485 bits per heavy atom. The molecule has 25 heteroatoms. The summed E-state index contributed by atoms with van der Waals surface area (Å²) in [5.74, 6) is -1.25. The highest BCUT2D eigenvalue weighted by molar-refractivity contribution is 9.09. The second-order valence-corrected chi connectivity index (χ2v) is 22.1. The van der Waals surface area contributed by atoms with Crippen LogP contribution in [-0.2, 0) is 28.6 Å². The molecule has 0 amide bonds. The summed E-state index contributed by atoms with van der Waals surface area (Å²) >= 11 is 2.96. The number of aliphatic hydroxyl groups is 6. The molecule has 99 heavy (non-hydrogen) atoms. The standard InChI is InChI=1S/C29H30N6O4.C15H10N4.C15H21NO4.C12H15NO2.C3H7BrO2/c1-20(2)29(38)39-15-14-35(18-27(37)19-36)26-11-8-24(9-12-26)32-34-28-13-10-25(16-21(28)3)33-31-23-6-4-22(17-30)5-7-23;1-11-8-15(7-4-13(11)10-17)19-18-14-5-2-12(9-16)3-6-14;1-12(2)15(19)20-9-8-16(10-14(18)11-17)13-6-4-3-5-7-13;1-10(2)12(14)15-9-8-13-11-6-4-3-5-7-11;4-1-3(6)2-5/h4-13,16,27,36-37H,1,14-15,18-19H2,2-3H3;2-8H,1H3;3-7,14,17-18H,1,8-11H2,2H3;3-7,13H,1,8-9H2,2H3;3,5-6H,1-2H2. The van der Waals surface area contributed by atoms with Crippen molar-refractivity contribution in [2.24, 2.45) is 30.7 Å². The maximum atomic E-state index is 11.7. The van der Waals surface area contributed by atoms with Gasteiger partial charge >= 0.3 is 17.9 Å². The minimum atomic E-state index is -0.948. The number of nitrogens with zero attached hydrogens (tertiary/aromatic N) is 11. The number of esters is 3. The molecule has 0 fully saturated rings. The number of hydrogen-bond acceptors (Lipinski definition) is 24. The molecule has 7 aromatic carbocycles. The summed E-state index contributed by atoms with van der Waals surface area (Å²) < 4.78 is 15.1. The van der Waals surface area contributed by atoms with Crippen molar-refractivity contribution < 1.29 is 59.2 Å². The van der Waals surface area contributed by atoms with E-state index in [4.69, 9.17) is 45.3 Å². The number of nitriles is 3. The maximum Gasteiger partial charge on any atom is 0.333 e. The van der Waals surface area contributed by atoms with E-state index < -0.39 is 30.3 Å². The number of carbonyl (C=O) groups excluding carboxylic acids is 3. The van der Waals surface area contributed by atoms with Crippen molar-refractivity contribution in [1.29, 1.82) is 15.8 Å². The number of benzene rings is 7. The van der Waals surface area contributed by atoms with Crippen molar-refractivity contribution in [3.63, 3.8) is 0 Å². The SMILES string of the molecule is C=C(C)C(=O)OCCN(CC(O)CO)c1ccc(N=Nc2ccc(N=Nc3ccc(C#N)cc3)cc2C)cc1.C=C(C)C(=O)OCCN(CC(O)CO)c1ccccc1.C=C(C)C(=O)OCCNc1ccccc1.Cc1cc(N=Nc2ccc(C#N)cc2)ccc1C#N.OCC(O)CBr. The van der Waals surface area contributed by atoms with Crippen LogP contribution in [0, 0.1) is 47.8 Å². The molecule has 0 aliphatic rings. The Bertz CT molecular complexity index is 3870. The number of nitrogens with one attached hydrogen (secondary N) is 1. The van der Waals surface area contributed by atoms with Crippen LogP contribution in [0.25, 0.3) is 0 Å². The number of ether oxygens (including phenoxy) is 3. The van der Waals surface area contributed by atoms with Gasteiger partial charge in [0.2, 0.25) is 0 Å². The molecule has 24 nitrogen and oxygen atoms in total.